The molecule has 0 unspecified atom stereocenters. The third-order valence-corrected chi connectivity index (χ3v) is 8.06. The minimum Gasteiger partial charge on any atom is -0.371 e. The lowest BCUT2D eigenvalue weighted by molar-refractivity contribution is -0.188. The van der Waals surface area contributed by atoms with Crippen LogP contribution in [0, 0.1) is 0 Å². The fourth-order valence-electron chi connectivity index (χ4n) is 4.95. The highest BCUT2D eigenvalue weighted by Crippen LogP contribution is 2.43. The predicted molar refractivity (Wildman–Crippen MR) is 138 cm³/mol. The first-order valence-electron chi connectivity index (χ1n) is 12.2. The number of sulfonamides is 1. The molecule has 0 saturated carbocycles. The van der Waals surface area contributed by atoms with Crippen molar-refractivity contribution in [3.05, 3.63) is 90.5 Å². The molecule has 3 aromatic carbocycles. The number of fused-ring (bicyclic) bond motifs is 1. The maximum Gasteiger partial charge on any atom is 0.251 e. The molecule has 0 bridgehead atoms. The van der Waals surface area contributed by atoms with Crippen molar-refractivity contribution in [1.82, 2.24) is 10.0 Å². The Balaban J connectivity index is 1.31. The number of carbonyl (C=O) groups is 1. The molecule has 0 aromatic heterocycles. The molecular weight excluding hydrogens is 492 g/mol. The van der Waals surface area contributed by atoms with Crippen molar-refractivity contribution >= 4 is 15.9 Å². The smallest absolute Gasteiger partial charge is 0.251 e. The fourth-order valence-corrected chi connectivity index (χ4v) is 6.22. The molecular formula is C28H30N2O6S. The number of rotatable bonds is 8. The first-order valence-corrected chi connectivity index (χ1v) is 13.6. The summed E-state index contributed by atoms with van der Waals surface area (Å²) >= 11 is 0. The monoisotopic (exact) mass is 522 g/mol. The molecule has 2 N–H and O–H groups in total. The van der Waals surface area contributed by atoms with Crippen molar-refractivity contribution in [3.63, 3.8) is 0 Å². The normalized spacial score (nSPS) is 24.5. The van der Waals surface area contributed by atoms with Gasteiger partial charge in [-0.1, -0.05) is 66.7 Å². The highest BCUT2D eigenvalue weighted by Gasteiger charge is 2.61. The van der Waals surface area contributed by atoms with Crippen molar-refractivity contribution in [2.24, 2.45) is 0 Å². The van der Waals surface area contributed by atoms with Gasteiger partial charge in [0.25, 0.3) is 5.91 Å². The number of hydrogen-bond acceptors (Lipinski definition) is 6. The molecule has 1 amide bonds. The Bertz CT molecular complexity index is 1360. The lowest BCUT2D eigenvalue weighted by atomic mass is 9.96. The third kappa shape index (κ3) is 5.32. The summed E-state index contributed by atoms with van der Waals surface area (Å²) in [4.78, 5) is 12.8. The second-order valence-electron chi connectivity index (χ2n) is 9.72. The zero-order valence-electron chi connectivity index (χ0n) is 20.7. The molecule has 2 aliphatic heterocycles. The van der Waals surface area contributed by atoms with Crippen LogP contribution in [0.15, 0.2) is 89.8 Å². The van der Waals surface area contributed by atoms with Crippen LogP contribution in [0.1, 0.15) is 24.2 Å². The molecule has 2 heterocycles. The van der Waals surface area contributed by atoms with E-state index in [1.807, 2.05) is 42.5 Å². The van der Waals surface area contributed by atoms with Gasteiger partial charge in [-0.05, 0) is 37.6 Å². The molecule has 0 aliphatic carbocycles. The van der Waals surface area contributed by atoms with Gasteiger partial charge in [0.1, 0.15) is 17.8 Å². The van der Waals surface area contributed by atoms with Gasteiger partial charge in [-0.2, -0.15) is 0 Å². The molecule has 9 heteroatoms. The number of amides is 1. The first-order chi connectivity index (χ1) is 17.7. The van der Waals surface area contributed by atoms with Crippen LogP contribution in [0.2, 0.25) is 0 Å². The Morgan fingerprint density at radius 3 is 2.32 bits per heavy atom. The van der Waals surface area contributed by atoms with Crippen molar-refractivity contribution in [3.8, 4) is 11.1 Å². The van der Waals surface area contributed by atoms with E-state index < -0.39 is 33.6 Å². The molecule has 0 radical (unpaired) electrons. The second kappa shape index (κ2) is 10.00. The SMILES string of the molecule is CC1(C)O[C@@H]2[C@@H](CNS(=O)(=O)c3ccccc3-c3ccccc3)OC[C@]2(CNC(=O)c2ccccc2)O1. The van der Waals surface area contributed by atoms with Gasteiger partial charge in [0, 0.05) is 17.7 Å². The van der Waals surface area contributed by atoms with E-state index in [1.54, 1.807) is 56.3 Å². The highest BCUT2D eigenvalue weighted by atomic mass is 32.2. The summed E-state index contributed by atoms with van der Waals surface area (Å²) in [6.07, 6.45) is -1.18. The summed E-state index contributed by atoms with van der Waals surface area (Å²) in [6, 6.07) is 25.2. The van der Waals surface area contributed by atoms with E-state index in [0.29, 0.717) is 11.1 Å². The third-order valence-electron chi connectivity index (χ3n) is 6.58. The molecule has 2 fully saturated rings. The summed E-state index contributed by atoms with van der Waals surface area (Å²) in [5.74, 6) is -1.15. The lowest BCUT2D eigenvalue weighted by Gasteiger charge is -2.27. The van der Waals surface area contributed by atoms with Crippen molar-refractivity contribution in [2.45, 2.75) is 42.3 Å². The molecule has 194 valence electrons. The van der Waals surface area contributed by atoms with E-state index in [1.165, 1.54) is 0 Å². The Hall–Kier alpha value is -3.08. The van der Waals surface area contributed by atoms with Gasteiger partial charge in [-0.25, -0.2) is 13.1 Å². The van der Waals surface area contributed by atoms with Gasteiger partial charge in [0.15, 0.2) is 5.79 Å². The van der Waals surface area contributed by atoms with Crippen LogP contribution in [-0.4, -0.2) is 57.6 Å². The zero-order chi connectivity index (χ0) is 26.1. The van der Waals surface area contributed by atoms with E-state index in [0.717, 1.165) is 5.56 Å². The molecule has 3 aromatic rings. The molecule has 0 spiro atoms. The largest absolute Gasteiger partial charge is 0.371 e. The standard InChI is InChI=1S/C28H30N2O6S/c1-27(2)35-25-23(34-19-28(25,36-27)18-29-26(31)21-13-7-4-8-14-21)17-30-37(32,33)24-16-10-9-15-22(24)20-11-5-3-6-12-20/h3-16,23,25,30H,17-19H2,1-2H3,(H,29,31)/t23-,25-,28+/m1/s1. The number of nitrogens with one attached hydrogen (secondary N) is 2. The average Bonchev–Trinajstić information content (AvgIpc) is 3.37. The van der Waals surface area contributed by atoms with Gasteiger partial charge in [0.05, 0.1) is 18.0 Å². The lowest BCUT2D eigenvalue weighted by Crippen LogP contribution is -2.52. The summed E-state index contributed by atoms with van der Waals surface area (Å²) in [5.41, 5.74) is 1.02. The van der Waals surface area contributed by atoms with Crippen LogP contribution in [0.5, 0.6) is 0 Å². The maximum atomic E-state index is 13.4. The van der Waals surface area contributed by atoms with Gasteiger partial charge in [-0.15, -0.1) is 0 Å². The van der Waals surface area contributed by atoms with E-state index >= 15 is 0 Å². The van der Waals surface area contributed by atoms with E-state index in [9.17, 15) is 13.2 Å². The van der Waals surface area contributed by atoms with Crippen LogP contribution in [0.3, 0.4) is 0 Å². The van der Waals surface area contributed by atoms with Crippen LogP contribution < -0.4 is 10.0 Å². The van der Waals surface area contributed by atoms with Crippen LogP contribution in [0.25, 0.3) is 11.1 Å². The minimum absolute atomic E-state index is 0.00997. The molecule has 37 heavy (non-hydrogen) atoms. The van der Waals surface area contributed by atoms with Gasteiger partial charge in [-0.3, -0.25) is 4.79 Å². The predicted octanol–water partition coefficient (Wildman–Crippen LogP) is 3.35. The quantitative estimate of drug-likeness (QED) is 0.470. The van der Waals surface area contributed by atoms with Crippen LogP contribution in [-0.2, 0) is 24.2 Å². The maximum absolute atomic E-state index is 13.4. The Labute approximate surface area is 217 Å². The zero-order valence-corrected chi connectivity index (χ0v) is 21.5. The van der Waals surface area contributed by atoms with Crippen molar-refractivity contribution in [1.29, 1.82) is 0 Å². The van der Waals surface area contributed by atoms with Gasteiger partial charge >= 0.3 is 0 Å². The van der Waals surface area contributed by atoms with E-state index in [4.69, 9.17) is 14.2 Å². The van der Waals surface area contributed by atoms with Gasteiger partial charge in [0.2, 0.25) is 10.0 Å². The average molecular weight is 523 g/mol. The summed E-state index contributed by atoms with van der Waals surface area (Å²) in [7, 11) is -3.86. The molecule has 2 aliphatic rings. The Morgan fingerprint density at radius 1 is 0.946 bits per heavy atom. The first kappa shape index (κ1) is 25.6. The molecule has 3 atom stereocenters. The van der Waals surface area contributed by atoms with Crippen LogP contribution >= 0.6 is 0 Å². The minimum atomic E-state index is -3.86. The summed E-state index contributed by atoms with van der Waals surface area (Å²) in [6.45, 7) is 3.90. The molecule has 5 rings (SSSR count). The summed E-state index contributed by atoms with van der Waals surface area (Å²) < 4.78 is 47.8. The Morgan fingerprint density at radius 2 is 1.59 bits per heavy atom. The number of ether oxygens (including phenoxy) is 3. The second-order valence-corrected chi connectivity index (χ2v) is 11.5. The molecule has 2 saturated heterocycles. The van der Waals surface area contributed by atoms with E-state index in [-0.39, 0.29) is 30.5 Å². The fraction of sp³-hybridized carbons (Fsp3) is 0.321. The van der Waals surface area contributed by atoms with Crippen LogP contribution in [0.4, 0.5) is 0 Å². The highest BCUT2D eigenvalue weighted by molar-refractivity contribution is 7.89. The number of hydrogen-bond donors (Lipinski definition) is 2. The number of benzene rings is 3. The summed E-state index contributed by atoms with van der Waals surface area (Å²) in [5, 5.41) is 2.92. The number of carbonyl (C=O) groups excluding carboxylic acids is 1. The van der Waals surface area contributed by atoms with Crippen molar-refractivity contribution in [2.75, 3.05) is 19.7 Å². The van der Waals surface area contributed by atoms with Gasteiger partial charge < -0.3 is 19.5 Å². The van der Waals surface area contributed by atoms with Crippen molar-refractivity contribution < 1.29 is 27.4 Å². The molecule has 8 nitrogen and oxygen atoms in total. The topological polar surface area (TPSA) is 103 Å². The Kier molecular flexibility index (Phi) is 6.91. The van der Waals surface area contributed by atoms with E-state index in [2.05, 4.69) is 10.0 Å².